The molecule has 1 aliphatic carbocycles. The maximum absolute atomic E-state index is 12.9. The Kier molecular flexibility index (Phi) is 4.15. The minimum absolute atomic E-state index is 0.0344. The Balaban J connectivity index is 2.28. The third-order valence-corrected chi connectivity index (χ3v) is 2.42. The highest BCUT2D eigenvalue weighted by atomic mass is 19.1. The molecule has 3 nitrogen and oxygen atoms in total. The molecule has 0 heterocycles. The average Bonchev–Trinajstić information content (AvgIpc) is 2.14. The van der Waals surface area contributed by atoms with Crippen LogP contribution in [0.25, 0.3) is 0 Å². The molecule has 76 valence electrons. The van der Waals surface area contributed by atoms with Gasteiger partial charge in [-0.15, -0.1) is 0 Å². The quantitative estimate of drug-likeness (QED) is 0.681. The normalized spacial score (nSPS) is 28.5. The molecule has 0 aromatic carbocycles. The zero-order chi connectivity index (χ0) is 9.68. The Morgan fingerprint density at radius 3 is 2.92 bits per heavy atom. The van der Waals surface area contributed by atoms with Crippen LogP contribution in [0, 0.1) is 5.92 Å². The van der Waals surface area contributed by atoms with Gasteiger partial charge in [-0.2, -0.15) is 0 Å². The summed E-state index contributed by atoms with van der Waals surface area (Å²) in [5.41, 5.74) is 5.24. The van der Waals surface area contributed by atoms with E-state index in [9.17, 15) is 9.18 Å². The second-order valence-corrected chi connectivity index (χ2v) is 3.54. The molecule has 3 N–H and O–H groups in total. The third kappa shape index (κ3) is 3.30. The highest BCUT2D eigenvalue weighted by Gasteiger charge is 2.26. The third-order valence-electron chi connectivity index (χ3n) is 2.42. The summed E-state index contributed by atoms with van der Waals surface area (Å²) in [5.74, 6) is -0.164. The fourth-order valence-electron chi connectivity index (χ4n) is 1.71. The highest BCUT2D eigenvalue weighted by molar-refractivity contribution is 5.78. The molecule has 0 aromatic rings. The Bertz CT molecular complexity index is 175. The van der Waals surface area contributed by atoms with Gasteiger partial charge in [0.2, 0.25) is 5.91 Å². The van der Waals surface area contributed by atoms with Crippen LogP contribution < -0.4 is 11.1 Å². The molecule has 2 atom stereocenters. The van der Waals surface area contributed by atoms with Crippen molar-refractivity contribution in [1.29, 1.82) is 0 Å². The first kappa shape index (κ1) is 10.4. The fourth-order valence-corrected chi connectivity index (χ4v) is 1.71. The minimum Gasteiger partial charge on any atom is -0.355 e. The first-order valence-corrected chi connectivity index (χ1v) is 4.86. The van der Waals surface area contributed by atoms with Gasteiger partial charge in [0.25, 0.3) is 0 Å². The molecule has 13 heavy (non-hydrogen) atoms. The molecule has 2 unspecified atom stereocenters. The van der Waals surface area contributed by atoms with Crippen LogP contribution in [-0.4, -0.2) is 25.2 Å². The van der Waals surface area contributed by atoms with E-state index in [1.807, 2.05) is 0 Å². The number of carbonyl (C=O) groups excluding carboxylic acids is 1. The lowest BCUT2D eigenvalue weighted by molar-refractivity contribution is -0.126. The van der Waals surface area contributed by atoms with E-state index in [0.717, 1.165) is 12.8 Å². The summed E-state index contributed by atoms with van der Waals surface area (Å²) in [6.07, 6.45) is 1.85. The van der Waals surface area contributed by atoms with Crippen LogP contribution in [0.5, 0.6) is 0 Å². The zero-order valence-corrected chi connectivity index (χ0v) is 7.76. The Morgan fingerprint density at radius 1 is 1.54 bits per heavy atom. The van der Waals surface area contributed by atoms with Crippen molar-refractivity contribution in [2.24, 2.45) is 11.7 Å². The molecule has 0 spiro atoms. The van der Waals surface area contributed by atoms with E-state index in [2.05, 4.69) is 5.32 Å². The summed E-state index contributed by atoms with van der Waals surface area (Å²) in [7, 11) is 0. The summed E-state index contributed by atoms with van der Waals surface area (Å²) in [6.45, 7) is 0.934. The maximum atomic E-state index is 12.9. The first-order valence-electron chi connectivity index (χ1n) is 4.86. The number of carbonyl (C=O) groups is 1. The van der Waals surface area contributed by atoms with E-state index in [0.29, 0.717) is 25.9 Å². The van der Waals surface area contributed by atoms with E-state index in [1.54, 1.807) is 0 Å². The minimum atomic E-state index is -0.789. The van der Waals surface area contributed by atoms with Crippen LogP contribution in [0.2, 0.25) is 0 Å². The Morgan fingerprint density at radius 2 is 2.31 bits per heavy atom. The van der Waals surface area contributed by atoms with Gasteiger partial charge < -0.3 is 11.1 Å². The Labute approximate surface area is 77.9 Å². The number of nitrogens with two attached hydrogens (primary N) is 1. The predicted octanol–water partition coefficient (Wildman–Crippen LogP) is 0.590. The molecule has 4 heteroatoms. The lowest BCUT2D eigenvalue weighted by Crippen LogP contribution is -2.36. The second-order valence-electron chi connectivity index (χ2n) is 3.54. The van der Waals surface area contributed by atoms with Crippen molar-refractivity contribution in [3.8, 4) is 0 Å². The molecule has 0 aliphatic heterocycles. The van der Waals surface area contributed by atoms with E-state index in [4.69, 9.17) is 5.73 Å². The second kappa shape index (κ2) is 5.17. The van der Waals surface area contributed by atoms with E-state index in [-0.39, 0.29) is 11.8 Å². The zero-order valence-electron chi connectivity index (χ0n) is 7.76. The molecule has 1 saturated carbocycles. The van der Waals surface area contributed by atoms with Gasteiger partial charge in [-0.3, -0.25) is 4.79 Å². The van der Waals surface area contributed by atoms with Crippen LogP contribution in [0.4, 0.5) is 4.39 Å². The number of halogens is 1. The summed E-state index contributed by atoms with van der Waals surface area (Å²) in [6, 6.07) is 0. The van der Waals surface area contributed by atoms with Gasteiger partial charge in [0.15, 0.2) is 0 Å². The monoisotopic (exact) mass is 188 g/mol. The molecular weight excluding hydrogens is 171 g/mol. The van der Waals surface area contributed by atoms with Gasteiger partial charge in [-0.25, -0.2) is 4.39 Å². The van der Waals surface area contributed by atoms with Crippen LogP contribution in [-0.2, 0) is 4.79 Å². The molecule has 1 fully saturated rings. The fraction of sp³-hybridized carbons (Fsp3) is 0.889. The molecule has 0 radical (unpaired) electrons. The van der Waals surface area contributed by atoms with Gasteiger partial charge in [-0.1, -0.05) is 0 Å². The van der Waals surface area contributed by atoms with Crippen LogP contribution >= 0.6 is 0 Å². The van der Waals surface area contributed by atoms with Crippen molar-refractivity contribution in [3.63, 3.8) is 0 Å². The summed E-state index contributed by atoms with van der Waals surface area (Å²) in [4.78, 5) is 11.4. The van der Waals surface area contributed by atoms with Gasteiger partial charge in [0.1, 0.15) is 6.17 Å². The number of amides is 1. The predicted molar refractivity (Wildman–Crippen MR) is 48.9 cm³/mol. The number of hydrogen-bond acceptors (Lipinski definition) is 2. The number of alkyl halides is 1. The van der Waals surface area contributed by atoms with Crippen LogP contribution in [0.1, 0.15) is 25.7 Å². The van der Waals surface area contributed by atoms with Crippen molar-refractivity contribution in [2.75, 3.05) is 13.1 Å². The molecule has 1 aliphatic rings. The van der Waals surface area contributed by atoms with Gasteiger partial charge in [0.05, 0.1) is 0 Å². The number of hydrogen-bond donors (Lipinski definition) is 2. The first-order chi connectivity index (χ1) is 6.24. The van der Waals surface area contributed by atoms with Crippen molar-refractivity contribution in [1.82, 2.24) is 5.32 Å². The maximum Gasteiger partial charge on any atom is 0.223 e. The standard InChI is InChI=1S/C9H17FN2O/c10-8-3-1-2-7(6-8)9(13)12-5-4-11/h7-8H,1-6,11H2,(H,12,13). The average molecular weight is 188 g/mol. The topological polar surface area (TPSA) is 55.1 Å². The van der Waals surface area contributed by atoms with E-state index < -0.39 is 6.17 Å². The molecule has 0 aromatic heterocycles. The lowest BCUT2D eigenvalue weighted by atomic mass is 9.87. The number of rotatable bonds is 3. The Hall–Kier alpha value is -0.640. The molecular formula is C9H17FN2O. The van der Waals surface area contributed by atoms with Gasteiger partial charge in [0, 0.05) is 19.0 Å². The van der Waals surface area contributed by atoms with Crippen molar-refractivity contribution >= 4 is 5.91 Å². The molecule has 1 amide bonds. The molecule has 0 bridgehead atoms. The van der Waals surface area contributed by atoms with E-state index >= 15 is 0 Å². The summed E-state index contributed by atoms with van der Waals surface area (Å²) >= 11 is 0. The largest absolute Gasteiger partial charge is 0.355 e. The molecule has 0 saturated heterocycles. The van der Waals surface area contributed by atoms with Crippen LogP contribution in [0.3, 0.4) is 0 Å². The smallest absolute Gasteiger partial charge is 0.223 e. The lowest BCUT2D eigenvalue weighted by Gasteiger charge is -2.23. The SMILES string of the molecule is NCCNC(=O)C1CCCC(F)C1. The molecule has 1 rings (SSSR count). The van der Waals surface area contributed by atoms with Crippen molar-refractivity contribution in [2.45, 2.75) is 31.9 Å². The summed E-state index contributed by atoms with van der Waals surface area (Å²) in [5, 5.41) is 2.69. The number of nitrogens with one attached hydrogen (secondary N) is 1. The highest BCUT2D eigenvalue weighted by Crippen LogP contribution is 2.26. The van der Waals surface area contributed by atoms with Gasteiger partial charge >= 0.3 is 0 Å². The van der Waals surface area contributed by atoms with E-state index in [1.165, 1.54) is 0 Å². The van der Waals surface area contributed by atoms with Gasteiger partial charge in [-0.05, 0) is 25.7 Å². The summed E-state index contributed by atoms with van der Waals surface area (Å²) < 4.78 is 12.9. The van der Waals surface area contributed by atoms with Crippen LogP contribution in [0.15, 0.2) is 0 Å². The van der Waals surface area contributed by atoms with Crippen molar-refractivity contribution in [3.05, 3.63) is 0 Å². The van der Waals surface area contributed by atoms with Crippen molar-refractivity contribution < 1.29 is 9.18 Å².